The van der Waals surface area contributed by atoms with E-state index >= 15 is 0 Å². The van der Waals surface area contributed by atoms with E-state index in [9.17, 15) is 19.5 Å². The van der Waals surface area contributed by atoms with Gasteiger partial charge >= 0.3 is 5.69 Å². The standard InChI is InChI=1S/C14H20N4O4.ClH/c19-8-14-2-1-4-15-10(14)7-18(5-3-14)12(21)9-6-16-13(22)17-11(9)20;/h6,10,15,19H,1-5,7-8H2,(H2,16,17,20,22);1H/t10-,14-;/m1./s1. The SMILES string of the molecule is Cl.O=C(c1c[nH]c(=O)[nH]c1=O)N1CC[C@@]2(CO)CCCN[C@@H]2C1. The van der Waals surface area contributed by atoms with E-state index in [2.05, 4.69) is 15.3 Å². The molecule has 0 bridgehead atoms. The number of aliphatic hydroxyl groups is 1. The van der Waals surface area contributed by atoms with Crippen molar-refractivity contribution >= 4 is 18.3 Å². The van der Waals surface area contributed by atoms with Crippen LogP contribution in [0, 0.1) is 5.41 Å². The predicted octanol–water partition coefficient (Wildman–Crippen LogP) is -0.938. The lowest BCUT2D eigenvalue weighted by atomic mass is 9.70. The average molecular weight is 345 g/mol. The number of H-pyrrole nitrogens is 2. The maximum absolute atomic E-state index is 12.5. The van der Waals surface area contributed by atoms with Gasteiger partial charge in [0.25, 0.3) is 11.5 Å². The Labute approximate surface area is 138 Å². The molecule has 2 saturated heterocycles. The Morgan fingerprint density at radius 3 is 2.87 bits per heavy atom. The molecule has 0 spiro atoms. The number of likely N-dealkylation sites (tertiary alicyclic amines) is 1. The van der Waals surface area contributed by atoms with Crippen molar-refractivity contribution in [3.05, 3.63) is 32.6 Å². The summed E-state index contributed by atoms with van der Waals surface area (Å²) in [6.07, 6.45) is 3.83. The van der Waals surface area contributed by atoms with E-state index in [1.807, 2.05) is 0 Å². The first-order valence-electron chi connectivity index (χ1n) is 7.51. The summed E-state index contributed by atoms with van der Waals surface area (Å²) < 4.78 is 0. The topological polar surface area (TPSA) is 118 Å². The summed E-state index contributed by atoms with van der Waals surface area (Å²) in [6, 6.07) is 0.0331. The zero-order valence-corrected chi connectivity index (χ0v) is 13.4. The average Bonchev–Trinajstić information content (AvgIpc) is 2.53. The van der Waals surface area contributed by atoms with Crippen LogP contribution in [0.3, 0.4) is 0 Å². The molecule has 8 nitrogen and oxygen atoms in total. The molecule has 2 aliphatic heterocycles. The number of aliphatic hydroxyl groups excluding tert-OH is 1. The highest BCUT2D eigenvalue weighted by atomic mass is 35.5. The largest absolute Gasteiger partial charge is 0.396 e. The van der Waals surface area contributed by atoms with Crippen molar-refractivity contribution in [2.24, 2.45) is 5.41 Å². The normalized spacial score (nSPS) is 27.0. The zero-order valence-electron chi connectivity index (χ0n) is 12.6. The summed E-state index contributed by atoms with van der Waals surface area (Å²) in [5.41, 5.74) is -1.54. The van der Waals surface area contributed by atoms with Gasteiger partial charge in [0.2, 0.25) is 0 Å². The van der Waals surface area contributed by atoms with Gasteiger partial charge in [0, 0.05) is 30.7 Å². The van der Waals surface area contributed by atoms with Gasteiger partial charge in [-0.2, -0.15) is 0 Å². The highest BCUT2D eigenvalue weighted by Crippen LogP contribution is 2.38. The van der Waals surface area contributed by atoms with E-state index in [1.54, 1.807) is 4.90 Å². The van der Waals surface area contributed by atoms with Crippen molar-refractivity contribution < 1.29 is 9.90 Å². The highest BCUT2D eigenvalue weighted by molar-refractivity contribution is 5.93. The van der Waals surface area contributed by atoms with Gasteiger partial charge in [0.1, 0.15) is 5.56 Å². The van der Waals surface area contributed by atoms with Crippen LogP contribution in [-0.4, -0.2) is 58.2 Å². The fourth-order valence-electron chi connectivity index (χ4n) is 3.53. The van der Waals surface area contributed by atoms with Gasteiger partial charge in [0.15, 0.2) is 0 Å². The Kier molecular flexibility index (Phi) is 5.28. The molecule has 128 valence electrons. The van der Waals surface area contributed by atoms with Crippen LogP contribution >= 0.6 is 12.4 Å². The summed E-state index contributed by atoms with van der Waals surface area (Å²) >= 11 is 0. The Morgan fingerprint density at radius 2 is 2.17 bits per heavy atom. The van der Waals surface area contributed by atoms with E-state index in [0.29, 0.717) is 19.5 Å². The first-order valence-corrected chi connectivity index (χ1v) is 7.51. The Hall–Kier alpha value is -1.64. The van der Waals surface area contributed by atoms with E-state index in [-0.39, 0.29) is 36.0 Å². The number of carbonyl (C=O) groups is 1. The van der Waals surface area contributed by atoms with Crippen molar-refractivity contribution in [3.63, 3.8) is 0 Å². The molecule has 23 heavy (non-hydrogen) atoms. The number of carbonyl (C=O) groups excluding carboxylic acids is 1. The molecular weight excluding hydrogens is 324 g/mol. The van der Waals surface area contributed by atoms with Gasteiger partial charge in [0.05, 0.1) is 6.61 Å². The number of hydrogen-bond donors (Lipinski definition) is 4. The number of aromatic nitrogens is 2. The molecule has 0 radical (unpaired) electrons. The van der Waals surface area contributed by atoms with Crippen LogP contribution in [0.4, 0.5) is 0 Å². The summed E-state index contributed by atoms with van der Waals surface area (Å²) in [6.45, 7) is 1.92. The Bertz CT molecular complexity index is 688. The quantitative estimate of drug-likeness (QED) is 0.552. The number of rotatable bonds is 2. The smallest absolute Gasteiger partial charge is 0.325 e. The first kappa shape index (κ1) is 17.7. The molecular formula is C14H21ClN4O4. The summed E-state index contributed by atoms with van der Waals surface area (Å²) in [4.78, 5) is 41.3. The second kappa shape index (κ2) is 6.86. The maximum Gasteiger partial charge on any atom is 0.325 e. The van der Waals surface area contributed by atoms with Crippen molar-refractivity contribution in [3.8, 4) is 0 Å². The Balaban J connectivity index is 0.00000192. The van der Waals surface area contributed by atoms with Crippen molar-refractivity contribution in [1.29, 1.82) is 0 Å². The van der Waals surface area contributed by atoms with Gasteiger partial charge in [-0.25, -0.2) is 4.79 Å². The van der Waals surface area contributed by atoms with Gasteiger partial charge in [-0.05, 0) is 25.8 Å². The molecule has 2 aliphatic rings. The minimum atomic E-state index is -0.677. The lowest BCUT2D eigenvalue weighted by Gasteiger charge is -2.50. The molecule has 1 aromatic heterocycles. The third kappa shape index (κ3) is 3.19. The fraction of sp³-hybridized carbons (Fsp3) is 0.643. The van der Waals surface area contributed by atoms with E-state index < -0.39 is 17.2 Å². The number of amides is 1. The molecule has 3 heterocycles. The second-order valence-electron chi connectivity index (χ2n) is 6.12. The van der Waals surface area contributed by atoms with Crippen LogP contribution < -0.4 is 16.6 Å². The van der Waals surface area contributed by atoms with Crippen LogP contribution in [0.2, 0.25) is 0 Å². The molecule has 1 aromatic rings. The van der Waals surface area contributed by atoms with Crippen molar-refractivity contribution in [1.82, 2.24) is 20.2 Å². The molecule has 9 heteroatoms. The molecule has 2 atom stereocenters. The Morgan fingerprint density at radius 1 is 1.39 bits per heavy atom. The molecule has 0 aromatic carbocycles. The number of fused-ring (bicyclic) bond motifs is 1. The minimum Gasteiger partial charge on any atom is -0.396 e. The number of halogens is 1. The zero-order chi connectivity index (χ0) is 15.7. The molecule has 4 N–H and O–H groups in total. The lowest BCUT2D eigenvalue weighted by molar-refractivity contribution is -0.00889. The summed E-state index contributed by atoms with van der Waals surface area (Å²) in [7, 11) is 0. The van der Waals surface area contributed by atoms with Gasteiger partial charge in [-0.15, -0.1) is 12.4 Å². The number of hydrogen-bond acceptors (Lipinski definition) is 5. The molecule has 0 saturated carbocycles. The summed E-state index contributed by atoms with van der Waals surface area (Å²) in [5, 5.41) is 13.1. The second-order valence-corrected chi connectivity index (χ2v) is 6.12. The maximum atomic E-state index is 12.5. The van der Waals surface area contributed by atoms with Crippen molar-refractivity contribution in [2.45, 2.75) is 25.3 Å². The highest BCUT2D eigenvalue weighted by Gasteiger charge is 2.45. The number of aromatic amines is 2. The third-order valence-corrected chi connectivity index (χ3v) is 4.92. The van der Waals surface area contributed by atoms with Crippen LogP contribution in [0.5, 0.6) is 0 Å². The molecule has 0 unspecified atom stereocenters. The minimum absolute atomic E-state index is 0. The molecule has 3 rings (SSSR count). The molecule has 2 fully saturated rings. The number of nitrogens with zero attached hydrogens (tertiary/aromatic N) is 1. The predicted molar refractivity (Wildman–Crippen MR) is 86.0 cm³/mol. The number of nitrogens with one attached hydrogen (secondary N) is 3. The van der Waals surface area contributed by atoms with E-state index in [1.165, 1.54) is 0 Å². The first-order chi connectivity index (χ1) is 10.6. The van der Waals surface area contributed by atoms with E-state index in [4.69, 9.17) is 0 Å². The monoisotopic (exact) mass is 344 g/mol. The third-order valence-electron chi connectivity index (χ3n) is 4.92. The van der Waals surface area contributed by atoms with Crippen LogP contribution in [0.15, 0.2) is 15.8 Å². The van der Waals surface area contributed by atoms with Gasteiger partial charge in [-0.3, -0.25) is 14.6 Å². The van der Waals surface area contributed by atoms with Gasteiger partial charge < -0.3 is 20.3 Å². The van der Waals surface area contributed by atoms with Crippen molar-refractivity contribution in [2.75, 3.05) is 26.2 Å². The molecule has 0 aliphatic carbocycles. The molecule has 1 amide bonds. The van der Waals surface area contributed by atoms with Crippen LogP contribution in [0.25, 0.3) is 0 Å². The summed E-state index contributed by atoms with van der Waals surface area (Å²) in [5.74, 6) is -0.392. The van der Waals surface area contributed by atoms with Gasteiger partial charge in [-0.1, -0.05) is 0 Å². The lowest BCUT2D eigenvalue weighted by Crippen LogP contribution is -2.62. The van der Waals surface area contributed by atoms with E-state index in [0.717, 1.165) is 25.6 Å². The van der Waals surface area contributed by atoms with Crippen LogP contribution in [0.1, 0.15) is 29.6 Å². The van der Waals surface area contributed by atoms with Crippen LogP contribution in [-0.2, 0) is 0 Å². The number of piperidine rings is 2. The fourth-order valence-corrected chi connectivity index (χ4v) is 3.53.